The Morgan fingerprint density at radius 1 is 1.33 bits per heavy atom. The predicted octanol–water partition coefficient (Wildman–Crippen LogP) is 2.59. The lowest BCUT2D eigenvalue weighted by Crippen LogP contribution is -2.05. The third-order valence-corrected chi connectivity index (χ3v) is 1.96. The van der Waals surface area contributed by atoms with Crippen molar-refractivity contribution in [1.82, 2.24) is 0 Å². The van der Waals surface area contributed by atoms with Gasteiger partial charge in [0.1, 0.15) is 5.75 Å². The van der Waals surface area contributed by atoms with E-state index >= 15 is 0 Å². The maximum Gasteiger partial charge on any atom is 0.124 e. The number of rotatable bonds is 5. The molecule has 0 saturated carbocycles. The van der Waals surface area contributed by atoms with Gasteiger partial charge in [0.2, 0.25) is 0 Å². The molecule has 84 valence electrons. The summed E-state index contributed by atoms with van der Waals surface area (Å²) in [6.07, 6.45) is 0.209. The second-order valence-corrected chi connectivity index (χ2v) is 3.66. The number of nitrogen functional groups attached to an aromatic ring is 1. The van der Waals surface area contributed by atoms with Crippen molar-refractivity contribution in [2.24, 2.45) is 0 Å². The minimum atomic E-state index is 0.209. The molecular formula is C12H19NO2. The highest BCUT2D eigenvalue weighted by Crippen LogP contribution is 2.22. The summed E-state index contributed by atoms with van der Waals surface area (Å²) in [7, 11) is 0. The monoisotopic (exact) mass is 209 g/mol. The summed E-state index contributed by atoms with van der Waals surface area (Å²) in [5, 5.41) is 0. The fourth-order valence-electron chi connectivity index (χ4n) is 1.26. The molecule has 15 heavy (non-hydrogen) atoms. The van der Waals surface area contributed by atoms with E-state index in [9.17, 15) is 0 Å². The number of anilines is 1. The van der Waals surface area contributed by atoms with E-state index in [-0.39, 0.29) is 6.10 Å². The number of benzene rings is 1. The molecular weight excluding hydrogens is 190 g/mol. The highest BCUT2D eigenvalue weighted by Gasteiger charge is 2.05. The van der Waals surface area contributed by atoms with Crippen molar-refractivity contribution >= 4 is 5.69 Å². The average Bonchev–Trinajstić information content (AvgIpc) is 2.18. The van der Waals surface area contributed by atoms with Crippen LogP contribution >= 0.6 is 0 Å². The van der Waals surface area contributed by atoms with Crippen molar-refractivity contribution in [3.8, 4) is 5.75 Å². The van der Waals surface area contributed by atoms with Crippen LogP contribution in [0.3, 0.4) is 0 Å². The fourth-order valence-corrected chi connectivity index (χ4v) is 1.26. The molecule has 3 nitrogen and oxygen atoms in total. The lowest BCUT2D eigenvalue weighted by Gasteiger charge is -2.13. The number of nitrogens with two attached hydrogens (primary N) is 1. The summed E-state index contributed by atoms with van der Waals surface area (Å²) >= 11 is 0. The average molecular weight is 209 g/mol. The van der Waals surface area contributed by atoms with E-state index < -0.39 is 0 Å². The first-order valence-corrected chi connectivity index (χ1v) is 5.26. The molecule has 0 radical (unpaired) electrons. The van der Waals surface area contributed by atoms with Crippen LogP contribution in [-0.2, 0) is 11.3 Å². The molecule has 0 unspecified atom stereocenters. The van der Waals surface area contributed by atoms with Crippen molar-refractivity contribution < 1.29 is 9.47 Å². The predicted molar refractivity (Wildman–Crippen MR) is 61.9 cm³/mol. The SMILES string of the molecule is CCOc1ccc(N)cc1COC(C)C. The van der Waals surface area contributed by atoms with E-state index in [4.69, 9.17) is 15.2 Å². The molecule has 0 atom stereocenters. The Morgan fingerprint density at radius 2 is 2.07 bits per heavy atom. The van der Waals surface area contributed by atoms with Gasteiger partial charge in [0.25, 0.3) is 0 Å². The smallest absolute Gasteiger partial charge is 0.124 e. The zero-order valence-electron chi connectivity index (χ0n) is 9.62. The molecule has 1 aromatic rings. The summed E-state index contributed by atoms with van der Waals surface area (Å²) in [6, 6.07) is 5.62. The third kappa shape index (κ3) is 3.80. The zero-order chi connectivity index (χ0) is 11.3. The molecule has 0 aromatic heterocycles. The largest absolute Gasteiger partial charge is 0.494 e. The Hall–Kier alpha value is -1.22. The van der Waals surface area contributed by atoms with Crippen LogP contribution in [0.4, 0.5) is 5.69 Å². The van der Waals surface area contributed by atoms with E-state index in [1.165, 1.54) is 0 Å². The standard InChI is InChI=1S/C12H19NO2/c1-4-14-12-6-5-11(13)7-10(12)8-15-9(2)3/h5-7,9H,4,8,13H2,1-3H3. The number of hydrogen-bond donors (Lipinski definition) is 1. The van der Waals surface area contributed by atoms with E-state index in [1.807, 2.05) is 39.0 Å². The molecule has 0 aliphatic heterocycles. The lowest BCUT2D eigenvalue weighted by molar-refractivity contribution is 0.0642. The van der Waals surface area contributed by atoms with Gasteiger partial charge < -0.3 is 15.2 Å². The second kappa shape index (κ2) is 5.61. The molecule has 0 amide bonds. The first kappa shape index (κ1) is 11.9. The maximum atomic E-state index is 5.72. The molecule has 0 aliphatic rings. The Bertz CT molecular complexity index is 310. The van der Waals surface area contributed by atoms with Gasteiger partial charge in [-0.15, -0.1) is 0 Å². The number of hydrogen-bond acceptors (Lipinski definition) is 3. The van der Waals surface area contributed by atoms with E-state index in [1.54, 1.807) is 0 Å². The Labute approximate surface area is 91.2 Å². The minimum Gasteiger partial charge on any atom is -0.494 e. The van der Waals surface area contributed by atoms with Gasteiger partial charge in [0.05, 0.1) is 19.3 Å². The van der Waals surface area contributed by atoms with Gasteiger partial charge in [0, 0.05) is 11.3 Å². The fraction of sp³-hybridized carbons (Fsp3) is 0.500. The van der Waals surface area contributed by atoms with Gasteiger partial charge in [-0.3, -0.25) is 0 Å². The summed E-state index contributed by atoms with van der Waals surface area (Å²) in [5.74, 6) is 0.854. The molecule has 1 aromatic carbocycles. The van der Waals surface area contributed by atoms with Gasteiger partial charge in [-0.2, -0.15) is 0 Å². The van der Waals surface area contributed by atoms with Gasteiger partial charge in [0.15, 0.2) is 0 Å². The molecule has 0 saturated heterocycles. The first-order valence-electron chi connectivity index (χ1n) is 5.26. The van der Waals surface area contributed by atoms with Crippen molar-refractivity contribution in [3.63, 3.8) is 0 Å². The van der Waals surface area contributed by atoms with Crippen LogP contribution in [0, 0.1) is 0 Å². The molecule has 2 N–H and O–H groups in total. The first-order chi connectivity index (χ1) is 7.13. The molecule has 1 rings (SSSR count). The van der Waals surface area contributed by atoms with Gasteiger partial charge in [-0.25, -0.2) is 0 Å². The van der Waals surface area contributed by atoms with Crippen LogP contribution < -0.4 is 10.5 Å². The Balaban J connectivity index is 2.77. The zero-order valence-corrected chi connectivity index (χ0v) is 9.62. The molecule has 3 heteroatoms. The third-order valence-electron chi connectivity index (χ3n) is 1.96. The quantitative estimate of drug-likeness (QED) is 0.758. The normalized spacial score (nSPS) is 10.7. The van der Waals surface area contributed by atoms with E-state index in [0.29, 0.717) is 13.2 Å². The van der Waals surface area contributed by atoms with E-state index in [0.717, 1.165) is 17.0 Å². The van der Waals surface area contributed by atoms with Crippen LogP contribution in [0.5, 0.6) is 5.75 Å². The van der Waals surface area contributed by atoms with Crippen molar-refractivity contribution in [2.45, 2.75) is 33.5 Å². The summed E-state index contributed by atoms with van der Waals surface area (Å²) in [5.41, 5.74) is 7.46. The van der Waals surface area contributed by atoms with Crippen LogP contribution in [-0.4, -0.2) is 12.7 Å². The Morgan fingerprint density at radius 3 is 2.67 bits per heavy atom. The van der Waals surface area contributed by atoms with Crippen LogP contribution in [0.1, 0.15) is 26.3 Å². The van der Waals surface area contributed by atoms with Gasteiger partial charge >= 0.3 is 0 Å². The van der Waals surface area contributed by atoms with Crippen molar-refractivity contribution in [3.05, 3.63) is 23.8 Å². The molecule has 0 aliphatic carbocycles. The highest BCUT2D eigenvalue weighted by atomic mass is 16.5. The summed E-state index contributed by atoms with van der Waals surface area (Å²) in [6.45, 7) is 7.17. The van der Waals surface area contributed by atoms with Crippen molar-refractivity contribution in [1.29, 1.82) is 0 Å². The lowest BCUT2D eigenvalue weighted by atomic mass is 10.2. The van der Waals surface area contributed by atoms with Crippen LogP contribution in [0.15, 0.2) is 18.2 Å². The summed E-state index contributed by atoms with van der Waals surface area (Å²) in [4.78, 5) is 0. The molecule has 0 bridgehead atoms. The molecule has 0 fully saturated rings. The minimum absolute atomic E-state index is 0.209. The topological polar surface area (TPSA) is 44.5 Å². The molecule has 0 spiro atoms. The highest BCUT2D eigenvalue weighted by molar-refractivity contribution is 5.47. The van der Waals surface area contributed by atoms with Crippen LogP contribution in [0.25, 0.3) is 0 Å². The van der Waals surface area contributed by atoms with Crippen molar-refractivity contribution in [2.75, 3.05) is 12.3 Å². The van der Waals surface area contributed by atoms with E-state index in [2.05, 4.69) is 0 Å². The van der Waals surface area contributed by atoms with Crippen LogP contribution in [0.2, 0.25) is 0 Å². The maximum absolute atomic E-state index is 5.72. The Kier molecular flexibility index (Phi) is 4.43. The number of ether oxygens (including phenoxy) is 2. The molecule has 0 heterocycles. The second-order valence-electron chi connectivity index (χ2n) is 3.66. The van der Waals surface area contributed by atoms with Gasteiger partial charge in [-0.1, -0.05) is 0 Å². The summed E-state index contributed by atoms with van der Waals surface area (Å²) < 4.78 is 11.0. The van der Waals surface area contributed by atoms with Gasteiger partial charge in [-0.05, 0) is 39.0 Å².